The van der Waals surface area contributed by atoms with Crippen molar-refractivity contribution in [3.8, 4) is 5.75 Å². The van der Waals surface area contributed by atoms with Crippen molar-refractivity contribution in [2.24, 2.45) is 11.5 Å². The van der Waals surface area contributed by atoms with E-state index in [9.17, 15) is 63.6 Å². The Morgan fingerprint density at radius 2 is 1.00 bits per heavy atom. The van der Waals surface area contributed by atoms with Gasteiger partial charge in [0.05, 0.1) is 19.1 Å². The van der Waals surface area contributed by atoms with Gasteiger partial charge in [0.2, 0.25) is 41.4 Å². The Balaban J connectivity index is 1.94. The number of hydrogen-bond donors (Lipinski definition) is 15. The number of nitrogens with two attached hydrogens (primary N) is 2. The fourth-order valence-electron chi connectivity index (χ4n) is 6.74. The average Bonchev–Trinajstić information content (AvgIpc) is 3.31. The molecule has 0 aliphatic heterocycles. The molecule has 7 amide bonds. The molecule has 24 heteroatoms. The second-order valence-electron chi connectivity index (χ2n) is 16.2. The van der Waals surface area contributed by atoms with Gasteiger partial charge >= 0.3 is 11.9 Å². The predicted octanol–water partition coefficient (Wildman–Crippen LogP) is -3.00. The Morgan fingerprint density at radius 1 is 0.571 bits per heavy atom. The van der Waals surface area contributed by atoms with Gasteiger partial charge in [-0.15, -0.1) is 0 Å². The molecule has 0 saturated heterocycles. The molecule has 0 heterocycles. The Labute approximate surface area is 402 Å². The van der Waals surface area contributed by atoms with Gasteiger partial charge in [0.25, 0.3) is 0 Å². The first-order valence-electron chi connectivity index (χ1n) is 22.0. The number of carboxylic acid groups (broad SMARTS) is 2. The number of phenolic OH excluding ortho intramolecular Hbond substituents is 1. The van der Waals surface area contributed by atoms with Gasteiger partial charge in [-0.2, -0.15) is 0 Å². The molecule has 24 nitrogen and oxygen atoms in total. The number of phenols is 1. The van der Waals surface area contributed by atoms with Crippen LogP contribution in [0.2, 0.25) is 0 Å². The zero-order valence-corrected chi connectivity index (χ0v) is 38.5. The van der Waals surface area contributed by atoms with Crippen LogP contribution in [0.15, 0.2) is 84.9 Å². The lowest BCUT2D eigenvalue weighted by Gasteiger charge is -2.28. The van der Waals surface area contributed by atoms with E-state index >= 15 is 0 Å². The van der Waals surface area contributed by atoms with Crippen LogP contribution in [0.3, 0.4) is 0 Å². The zero-order chi connectivity index (χ0) is 51.9. The minimum absolute atomic E-state index is 0.00773. The number of carboxylic acids is 2. The number of carbonyl (C=O) groups excluding carboxylic acids is 7. The molecule has 0 aromatic heterocycles. The quantitative estimate of drug-likeness (QED) is 0.0196. The van der Waals surface area contributed by atoms with E-state index < -0.39 is 121 Å². The topological polar surface area (TPSA) is 407 Å². The summed E-state index contributed by atoms with van der Waals surface area (Å²) in [5.41, 5.74) is 12.5. The lowest BCUT2D eigenvalue weighted by atomic mass is 10.0. The molecule has 70 heavy (non-hydrogen) atoms. The molecule has 0 fully saturated rings. The summed E-state index contributed by atoms with van der Waals surface area (Å²) in [6, 6.07) is 11.4. The van der Waals surface area contributed by atoms with Crippen LogP contribution in [0, 0.1) is 5.41 Å². The summed E-state index contributed by atoms with van der Waals surface area (Å²) in [5, 5.41) is 66.7. The molecule has 0 aliphatic carbocycles. The standard InChI is InChI=1S/C46H61N11O13/c1-25(45(69)70)51-40(64)33(22-29-15-17-30(59)18-16-29)54-42(66)35(23-37(61)62)55-39(63)31(14-9-19-50-46(48)49)53-41(65)34(21-28-12-7-4-8-13-28)56-44(68)38(26(2)58)57-43(67)32(52-36(60)24-47)20-27-10-5-3-6-11-27/h3-8,10-13,15-18,25-26,31-35,38,58-59H,9,14,19-24,47H2,1-2H3,(H,51,64)(H,52,60)(H,53,65)(H,54,66)(H,55,63)(H,56,68)(H,57,67)(H,61,62)(H,69,70)(H4,48,49,50)/t25-,26+,31-,32-,33-,34-,35-,38-/m0/s1. The molecule has 0 unspecified atom stereocenters. The van der Waals surface area contributed by atoms with Crippen LogP contribution in [0.5, 0.6) is 5.75 Å². The molecule has 0 bridgehead atoms. The first kappa shape index (κ1) is 56.2. The van der Waals surface area contributed by atoms with Crippen LogP contribution in [0.25, 0.3) is 0 Å². The molecule has 3 aromatic carbocycles. The van der Waals surface area contributed by atoms with Crippen molar-refractivity contribution in [3.05, 3.63) is 102 Å². The third kappa shape index (κ3) is 19.6. The number of aromatic hydroxyl groups is 1. The van der Waals surface area contributed by atoms with Crippen molar-refractivity contribution < 1.29 is 63.6 Å². The average molecular weight is 976 g/mol. The predicted molar refractivity (Wildman–Crippen MR) is 251 cm³/mol. The van der Waals surface area contributed by atoms with Gasteiger partial charge in [0, 0.05) is 25.8 Å². The van der Waals surface area contributed by atoms with E-state index in [1.807, 2.05) is 0 Å². The van der Waals surface area contributed by atoms with Gasteiger partial charge in [0.15, 0.2) is 5.96 Å². The third-order valence-corrected chi connectivity index (χ3v) is 10.5. The van der Waals surface area contributed by atoms with E-state index in [1.165, 1.54) is 38.1 Å². The molecule has 8 atom stereocenters. The minimum atomic E-state index is -1.90. The number of aliphatic hydroxyl groups is 1. The molecular weight excluding hydrogens is 915 g/mol. The highest BCUT2D eigenvalue weighted by molar-refractivity contribution is 5.98. The van der Waals surface area contributed by atoms with Gasteiger partial charge in [0.1, 0.15) is 48.0 Å². The summed E-state index contributed by atoms with van der Waals surface area (Å²) in [4.78, 5) is 119. The summed E-state index contributed by atoms with van der Waals surface area (Å²) in [6.07, 6.45) is -3.29. The van der Waals surface area contributed by atoms with E-state index in [-0.39, 0.29) is 44.4 Å². The van der Waals surface area contributed by atoms with Gasteiger partial charge < -0.3 is 74.4 Å². The highest BCUT2D eigenvalue weighted by atomic mass is 16.4. The summed E-state index contributed by atoms with van der Waals surface area (Å²) >= 11 is 0. The maximum absolute atomic E-state index is 14.3. The third-order valence-electron chi connectivity index (χ3n) is 10.5. The zero-order valence-electron chi connectivity index (χ0n) is 38.5. The minimum Gasteiger partial charge on any atom is -0.508 e. The fourth-order valence-corrected chi connectivity index (χ4v) is 6.74. The van der Waals surface area contributed by atoms with Crippen LogP contribution in [0.4, 0.5) is 0 Å². The number of benzene rings is 3. The van der Waals surface area contributed by atoms with Crippen LogP contribution in [-0.2, 0) is 62.4 Å². The number of rotatable bonds is 28. The highest BCUT2D eigenvalue weighted by Gasteiger charge is 2.36. The van der Waals surface area contributed by atoms with Gasteiger partial charge in [-0.3, -0.25) is 48.6 Å². The Hall–Kier alpha value is -8.12. The smallest absolute Gasteiger partial charge is 0.325 e. The Kier molecular flexibility index (Phi) is 22.7. The molecule has 17 N–H and O–H groups in total. The Morgan fingerprint density at radius 3 is 1.49 bits per heavy atom. The monoisotopic (exact) mass is 975 g/mol. The van der Waals surface area contributed by atoms with E-state index in [4.69, 9.17) is 16.9 Å². The van der Waals surface area contributed by atoms with Crippen LogP contribution < -0.4 is 54.0 Å². The maximum atomic E-state index is 14.3. The van der Waals surface area contributed by atoms with Crippen molar-refractivity contribution in [1.82, 2.24) is 42.5 Å². The maximum Gasteiger partial charge on any atom is 0.325 e. The van der Waals surface area contributed by atoms with Crippen molar-refractivity contribution in [2.45, 2.75) is 101 Å². The highest BCUT2D eigenvalue weighted by Crippen LogP contribution is 2.13. The summed E-state index contributed by atoms with van der Waals surface area (Å²) in [5.74, 6) is -10.3. The normalized spacial score (nSPS) is 14.2. The molecule has 0 radical (unpaired) electrons. The number of hydrogen-bond acceptors (Lipinski definition) is 13. The van der Waals surface area contributed by atoms with Crippen molar-refractivity contribution in [3.63, 3.8) is 0 Å². The Bertz CT molecular complexity index is 2290. The number of amides is 7. The lowest BCUT2D eigenvalue weighted by molar-refractivity contribution is -0.143. The van der Waals surface area contributed by atoms with E-state index in [1.54, 1.807) is 60.7 Å². The first-order valence-corrected chi connectivity index (χ1v) is 22.0. The second kappa shape index (κ2) is 28.3. The first-order chi connectivity index (χ1) is 33.2. The molecule has 3 aromatic rings. The molecule has 0 spiro atoms. The van der Waals surface area contributed by atoms with Gasteiger partial charge in [-0.25, -0.2) is 0 Å². The van der Waals surface area contributed by atoms with Crippen molar-refractivity contribution in [2.75, 3.05) is 13.1 Å². The number of guanidine groups is 1. The number of aliphatic carboxylic acids is 2. The van der Waals surface area contributed by atoms with Crippen LogP contribution >= 0.6 is 0 Å². The summed E-state index contributed by atoms with van der Waals surface area (Å²) in [7, 11) is 0. The lowest BCUT2D eigenvalue weighted by Crippen LogP contribution is -2.62. The molecule has 0 aliphatic rings. The van der Waals surface area contributed by atoms with Crippen molar-refractivity contribution >= 4 is 59.2 Å². The summed E-state index contributed by atoms with van der Waals surface area (Å²) < 4.78 is 0. The van der Waals surface area contributed by atoms with Crippen LogP contribution in [0.1, 0.15) is 49.8 Å². The molecule has 3 rings (SSSR count). The summed E-state index contributed by atoms with van der Waals surface area (Å²) in [6.45, 7) is 1.93. The van der Waals surface area contributed by atoms with Crippen LogP contribution in [-0.4, -0.2) is 141 Å². The number of nitrogens with one attached hydrogen (secondary N) is 9. The molecule has 0 saturated carbocycles. The van der Waals surface area contributed by atoms with Gasteiger partial charge in [-0.1, -0.05) is 72.8 Å². The molecular formula is C46H61N11O13. The van der Waals surface area contributed by atoms with E-state index in [2.05, 4.69) is 42.5 Å². The molecule has 378 valence electrons. The van der Waals surface area contributed by atoms with E-state index in [0.717, 1.165) is 0 Å². The fraction of sp³-hybridized carbons (Fsp3) is 0.391. The van der Waals surface area contributed by atoms with E-state index in [0.29, 0.717) is 16.7 Å². The number of carbonyl (C=O) groups is 9. The van der Waals surface area contributed by atoms with Crippen molar-refractivity contribution in [1.29, 1.82) is 5.41 Å². The SMILES string of the molecule is C[C@H](NC(=O)[C@H](Cc1ccc(O)cc1)NC(=O)[C@H](CC(=O)O)NC(=O)[C@H](CCCNC(=N)N)NC(=O)[C@H](Cc1ccccc1)NC(=O)[C@@H](NC(=O)[C@H](Cc1ccccc1)NC(=O)CN)[C@@H](C)O)C(=O)O. The van der Waals surface area contributed by atoms with Gasteiger partial charge in [-0.05, 0) is 55.5 Å². The number of aliphatic hydroxyl groups excluding tert-OH is 1. The second-order valence-corrected chi connectivity index (χ2v) is 16.2. The largest absolute Gasteiger partial charge is 0.508 e.